The molecule has 1 heterocycles. The van der Waals surface area contributed by atoms with E-state index in [0.29, 0.717) is 22.1 Å². The lowest BCUT2D eigenvalue weighted by molar-refractivity contribution is 0.0741. The highest BCUT2D eigenvalue weighted by Gasteiger charge is 2.23. The molecule has 0 amide bonds. The highest BCUT2D eigenvalue weighted by atomic mass is 35.5. The molecule has 1 N–H and O–H groups in total. The van der Waals surface area contributed by atoms with Gasteiger partial charge < -0.3 is 14.2 Å². The fourth-order valence-electron chi connectivity index (χ4n) is 3.59. The van der Waals surface area contributed by atoms with Crippen LogP contribution in [0.1, 0.15) is 30.9 Å². The lowest BCUT2D eigenvalue weighted by Gasteiger charge is -2.13. The topological polar surface area (TPSA) is 61.1 Å². The Morgan fingerprint density at radius 1 is 1.06 bits per heavy atom. The van der Waals surface area contributed by atoms with E-state index in [0.717, 1.165) is 21.7 Å². The van der Waals surface area contributed by atoms with Crippen molar-refractivity contribution in [3.8, 4) is 16.8 Å². The number of imidazole rings is 1. The second kappa shape index (κ2) is 9.31. The van der Waals surface area contributed by atoms with E-state index >= 15 is 0 Å². The Bertz CT molecular complexity index is 1260. The second-order valence-electron chi connectivity index (χ2n) is 8.38. The van der Waals surface area contributed by atoms with Gasteiger partial charge >= 0.3 is 0 Å². The van der Waals surface area contributed by atoms with Crippen LogP contribution >= 0.6 is 11.6 Å². The molecule has 0 radical (unpaired) electrons. The molecule has 1 aromatic heterocycles. The Hall–Kier alpha value is -2.64. The largest absolute Gasteiger partial charge is 0.612 e. The zero-order valence-corrected chi connectivity index (χ0v) is 20.1. The van der Waals surface area contributed by atoms with Crippen LogP contribution in [0.25, 0.3) is 16.8 Å². The molecule has 0 fully saturated rings. The number of benzene rings is 3. The van der Waals surface area contributed by atoms with Crippen LogP contribution in [0.15, 0.2) is 77.8 Å². The van der Waals surface area contributed by atoms with Crippen LogP contribution in [0.5, 0.6) is 0 Å². The van der Waals surface area contributed by atoms with Crippen molar-refractivity contribution in [2.24, 2.45) is 0 Å². The van der Waals surface area contributed by atoms with Gasteiger partial charge in [-0.05, 0) is 66.5 Å². The molecule has 170 valence electrons. The van der Waals surface area contributed by atoms with E-state index in [9.17, 15) is 14.0 Å². The van der Waals surface area contributed by atoms with E-state index in [2.05, 4.69) is 4.98 Å². The van der Waals surface area contributed by atoms with E-state index in [1.807, 2.05) is 53.1 Å². The van der Waals surface area contributed by atoms with Crippen molar-refractivity contribution in [1.29, 1.82) is 0 Å². The lowest BCUT2D eigenvalue weighted by atomic mass is 10.1. The molecule has 0 aliphatic carbocycles. The summed E-state index contributed by atoms with van der Waals surface area (Å²) >= 11 is 5.19. The van der Waals surface area contributed by atoms with Crippen LogP contribution in [0.4, 0.5) is 4.39 Å². The summed E-state index contributed by atoms with van der Waals surface area (Å²) in [4.78, 5) is 5.37. The average Bonchev–Trinajstić information content (AvgIpc) is 3.21. The van der Waals surface area contributed by atoms with E-state index in [1.165, 1.54) is 6.07 Å². The number of aliphatic hydroxyl groups is 1. The summed E-state index contributed by atoms with van der Waals surface area (Å²) in [5.74, 6) is 0.167. The maximum absolute atomic E-state index is 14.4. The minimum absolute atomic E-state index is 0.174. The van der Waals surface area contributed by atoms with E-state index in [1.54, 1.807) is 38.4 Å². The van der Waals surface area contributed by atoms with Crippen molar-refractivity contribution in [2.75, 3.05) is 6.26 Å². The van der Waals surface area contributed by atoms with Crippen molar-refractivity contribution >= 4 is 22.8 Å². The molecule has 0 bridgehead atoms. The van der Waals surface area contributed by atoms with E-state index in [-0.39, 0.29) is 6.42 Å². The molecule has 1 unspecified atom stereocenters. The van der Waals surface area contributed by atoms with E-state index in [4.69, 9.17) is 11.6 Å². The van der Waals surface area contributed by atoms with Crippen molar-refractivity contribution in [2.45, 2.75) is 30.8 Å². The fraction of sp³-hybridized carbons (Fsp3) is 0.192. The molecule has 7 heteroatoms. The van der Waals surface area contributed by atoms with Gasteiger partial charge in [0.2, 0.25) is 0 Å². The van der Waals surface area contributed by atoms with Crippen LogP contribution in [-0.4, -0.2) is 25.5 Å². The second-order valence-corrected chi connectivity index (χ2v) is 10.2. The normalized spacial score (nSPS) is 12.7. The summed E-state index contributed by atoms with van der Waals surface area (Å²) in [6.07, 6.45) is 3.60. The molecule has 4 rings (SSSR count). The molecule has 0 spiro atoms. The van der Waals surface area contributed by atoms with Gasteiger partial charge in [0.15, 0.2) is 4.90 Å². The Morgan fingerprint density at radius 2 is 1.76 bits per heavy atom. The number of hydrogen-bond acceptors (Lipinski definition) is 3. The van der Waals surface area contributed by atoms with Crippen molar-refractivity contribution in [3.05, 3.63) is 101 Å². The van der Waals surface area contributed by atoms with Gasteiger partial charge in [-0.3, -0.25) is 0 Å². The minimum Gasteiger partial charge on any atom is -0.612 e. The summed E-state index contributed by atoms with van der Waals surface area (Å²) < 4.78 is 28.1. The number of aromatic nitrogens is 2. The van der Waals surface area contributed by atoms with Gasteiger partial charge in [0.25, 0.3) is 0 Å². The average molecular weight is 483 g/mol. The summed E-state index contributed by atoms with van der Waals surface area (Å²) in [5, 5.41) is 10.8. The highest BCUT2D eigenvalue weighted by molar-refractivity contribution is 7.90. The molecular weight excluding hydrogens is 459 g/mol. The first-order valence-corrected chi connectivity index (χ1v) is 12.4. The predicted octanol–water partition coefficient (Wildman–Crippen LogP) is 5.89. The minimum atomic E-state index is -1.16. The number of halogens is 2. The third kappa shape index (κ3) is 5.14. The number of rotatable bonds is 6. The molecule has 4 aromatic rings. The molecule has 4 nitrogen and oxygen atoms in total. The molecule has 0 saturated carbocycles. The van der Waals surface area contributed by atoms with Gasteiger partial charge in [0, 0.05) is 35.0 Å². The zero-order chi connectivity index (χ0) is 23.8. The van der Waals surface area contributed by atoms with Gasteiger partial charge in [-0.2, -0.15) is 0 Å². The Morgan fingerprint density at radius 3 is 2.39 bits per heavy atom. The molecular formula is C26H24ClFN2O2S. The molecule has 33 heavy (non-hydrogen) atoms. The number of hydrogen-bond donors (Lipinski definition) is 1. The molecule has 3 aromatic carbocycles. The van der Waals surface area contributed by atoms with Gasteiger partial charge in [-0.15, -0.1) is 0 Å². The summed E-state index contributed by atoms with van der Waals surface area (Å²) in [6, 6.07) is 20.0. The van der Waals surface area contributed by atoms with Gasteiger partial charge in [0.1, 0.15) is 23.5 Å². The van der Waals surface area contributed by atoms with Crippen molar-refractivity contribution in [3.63, 3.8) is 0 Å². The molecule has 0 saturated heterocycles. The molecule has 0 aliphatic heterocycles. The predicted molar refractivity (Wildman–Crippen MR) is 131 cm³/mol. The maximum atomic E-state index is 14.4. The first-order chi connectivity index (χ1) is 15.6. The Kier molecular flexibility index (Phi) is 6.64. The summed E-state index contributed by atoms with van der Waals surface area (Å²) in [7, 11) is 0. The van der Waals surface area contributed by atoms with Crippen LogP contribution in [0, 0.1) is 5.82 Å². The SMILES string of the molecule is C[S+]([O-])c1cccc(-c2ccc(-n3cc(C(C)(C)O)nc3Cc3c(F)cccc3Cl)cc2)c1. The van der Waals surface area contributed by atoms with E-state index < -0.39 is 22.6 Å². The van der Waals surface area contributed by atoms with Crippen molar-refractivity contribution in [1.82, 2.24) is 9.55 Å². The monoisotopic (exact) mass is 482 g/mol. The van der Waals surface area contributed by atoms with Crippen LogP contribution in [0.2, 0.25) is 5.02 Å². The summed E-state index contributed by atoms with van der Waals surface area (Å²) in [6.45, 7) is 3.32. The van der Waals surface area contributed by atoms with Crippen LogP contribution in [0.3, 0.4) is 0 Å². The fourth-order valence-corrected chi connectivity index (χ4v) is 4.38. The first kappa shape index (κ1) is 23.5. The smallest absolute Gasteiger partial charge is 0.153 e. The van der Waals surface area contributed by atoms with Gasteiger partial charge in [-0.1, -0.05) is 41.9 Å². The Balaban J connectivity index is 1.74. The van der Waals surface area contributed by atoms with Crippen LogP contribution in [-0.2, 0) is 23.2 Å². The standard InChI is InChI=1S/C26H24ClFN2O2S/c1-26(2,31)24-16-30(25(29-24)15-21-22(27)8-5-9-23(21)28)19-12-10-17(11-13-19)18-6-4-7-20(14-18)33(3)32/h4-14,16,31H,15H2,1-3H3. The third-order valence-corrected chi connectivity index (χ3v) is 6.72. The quantitative estimate of drug-likeness (QED) is 0.349. The van der Waals surface area contributed by atoms with Crippen LogP contribution < -0.4 is 0 Å². The summed E-state index contributed by atoms with van der Waals surface area (Å²) in [5.41, 5.74) is 2.44. The first-order valence-electron chi connectivity index (χ1n) is 10.4. The highest BCUT2D eigenvalue weighted by Crippen LogP contribution is 2.28. The Labute approximate surface area is 200 Å². The lowest BCUT2D eigenvalue weighted by Crippen LogP contribution is -2.16. The van der Waals surface area contributed by atoms with Gasteiger partial charge in [-0.25, -0.2) is 9.37 Å². The zero-order valence-electron chi connectivity index (χ0n) is 18.5. The van der Waals surface area contributed by atoms with Gasteiger partial charge in [0.05, 0.1) is 5.69 Å². The molecule has 0 aliphatic rings. The maximum Gasteiger partial charge on any atom is 0.153 e. The third-order valence-electron chi connectivity index (χ3n) is 5.45. The molecule has 1 atom stereocenters. The number of nitrogens with zero attached hydrogens (tertiary/aromatic N) is 2. The van der Waals surface area contributed by atoms with Crippen molar-refractivity contribution < 1.29 is 14.0 Å².